The molecule has 39 heavy (non-hydrogen) atoms. The van der Waals surface area contributed by atoms with Crippen molar-refractivity contribution in [3.05, 3.63) is 89.0 Å². The third-order valence-electron chi connectivity index (χ3n) is 7.82. The lowest BCUT2D eigenvalue weighted by Crippen LogP contribution is -2.51. The van der Waals surface area contributed by atoms with Gasteiger partial charge in [-0.25, -0.2) is 8.42 Å². The number of nitrogens with zero attached hydrogens (tertiary/aromatic N) is 1. The van der Waals surface area contributed by atoms with Crippen LogP contribution in [0.5, 0.6) is 5.75 Å². The number of carbonyl (C=O) groups excluding carboxylic acids is 1. The summed E-state index contributed by atoms with van der Waals surface area (Å²) in [5.41, 5.74) is 5.09. The van der Waals surface area contributed by atoms with E-state index in [1.807, 2.05) is 19.1 Å². The molecular weight excluding hydrogens is 508 g/mol. The summed E-state index contributed by atoms with van der Waals surface area (Å²) in [6.07, 6.45) is 4.32. The largest absolute Gasteiger partial charge is 0.476 e. The van der Waals surface area contributed by atoms with E-state index in [1.165, 1.54) is 28.3 Å². The fourth-order valence-corrected chi connectivity index (χ4v) is 6.95. The lowest BCUT2D eigenvalue weighted by Gasteiger charge is -2.36. The van der Waals surface area contributed by atoms with Gasteiger partial charge in [0.2, 0.25) is 0 Å². The first-order valence-electron chi connectivity index (χ1n) is 13.9. The summed E-state index contributed by atoms with van der Waals surface area (Å²) in [7, 11) is -3.93. The fraction of sp³-hybridized carbons (Fsp3) is 0.406. The molecular formula is C32H38N2O4S. The summed E-state index contributed by atoms with van der Waals surface area (Å²) in [4.78, 5) is 13.8. The number of rotatable bonds is 6. The maximum Gasteiger partial charge on any atom is 0.264 e. The number of hydrogen-bond donors (Lipinski definition) is 1. The van der Waals surface area contributed by atoms with E-state index >= 15 is 0 Å². The Hall–Kier alpha value is -3.32. The molecule has 0 aromatic heterocycles. The monoisotopic (exact) mass is 546 g/mol. The SMILES string of the molecule is CCC(NC(=O)C1CN(S(=O)(=O)c2ccccc2)c2cc(C(C)(C)C)ccc2O1)c1ccc2c(c1)CCCC2. The molecule has 3 aromatic carbocycles. The van der Waals surface area contributed by atoms with Gasteiger partial charge in [0.1, 0.15) is 5.75 Å². The van der Waals surface area contributed by atoms with E-state index in [9.17, 15) is 13.2 Å². The van der Waals surface area contributed by atoms with Gasteiger partial charge in [-0.05, 0) is 84.0 Å². The second kappa shape index (κ2) is 10.7. The molecule has 0 fully saturated rings. The van der Waals surface area contributed by atoms with Crippen molar-refractivity contribution < 1.29 is 17.9 Å². The number of nitrogens with one attached hydrogen (secondary N) is 1. The van der Waals surface area contributed by atoms with Gasteiger partial charge in [0.15, 0.2) is 6.10 Å². The zero-order valence-electron chi connectivity index (χ0n) is 23.2. The van der Waals surface area contributed by atoms with Crippen molar-refractivity contribution in [2.24, 2.45) is 0 Å². The predicted molar refractivity (Wildman–Crippen MR) is 155 cm³/mol. The van der Waals surface area contributed by atoms with Crippen molar-refractivity contribution in [2.45, 2.75) is 82.3 Å². The highest BCUT2D eigenvalue weighted by Crippen LogP contribution is 2.40. The molecule has 1 amide bonds. The summed E-state index contributed by atoms with van der Waals surface area (Å²) in [5, 5.41) is 3.15. The standard InChI is InChI=1S/C32H38N2O4S/c1-5-27(24-16-15-22-11-9-10-12-23(22)19-24)33-31(35)30-21-34(39(36,37)26-13-7-6-8-14-26)28-20-25(32(2,3)4)17-18-29(28)38-30/h6-8,13-20,27,30H,5,9-12,21H2,1-4H3,(H,33,35). The molecule has 1 aliphatic carbocycles. The van der Waals surface area contributed by atoms with E-state index in [-0.39, 0.29) is 28.8 Å². The fourth-order valence-electron chi connectivity index (χ4n) is 5.46. The zero-order valence-corrected chi connectivity index (χ0v) is 24.1. The normalized spacial score (nSPS) is 17.9. The van der Waals surface area contributed by atoms with Crippen LogP contribution < -0.4 is 14.4 Å². The van der Waals surface area contributed by atoms with Crippen LogP contribution in [0.15, 0.2) is 71.6 Å². The Kier molecular flexibility index (Phi) is 7.47. The van der Waals surface area contributed by atoms with E-state index in [0.717, 1.165) is 30.4 Å². The van der Waals surface area contributed by atoms with Crippen molar-refractivity contribution in [1.82, 2.24) is 5.32 Å². The first-order valence-corrected chi connectivity index (χ1v) is 15.3. The topological polar surface area (TPSA) is 75.7 Å². The van der Waals surface area contributed by atoms with Crippen LogP contribution in [0.1, 0.15) is 75.3 Å². The number of fused-ring (bicyclic) bond motifs is 2. The second-order valence-electron chi connectivity index (χ2n) is 11.6. The van der Waals surface area contributed by atoms with Gasteiger partial charge in [-0.3, -0.25) is 9.10 Å². The van der Waals surface area contributed by atoms with E-state index in [2.05, 4.69) is 44.3 Å². The number of anilines is 1. The quantitative estimate of drug-likeness (QED) is 0.406. The molecule has 0 saturated heterocycles. The predicted octanol–water partition coefficient (Wildman–Crippen LogP) is 6.09. The number of sulfonamides is 1. The summed E-state index contributed by atoms with van der Waals surface area (Å²) < 4.78 is 35.2. The van der Waals surface area contributed by atoms with E-state index < -0.39 is 16.1 Å². The minimum atomic E-state index is -3.93. The number of aryl methyl sites for hydroxylation is 2. The molecule has 5 rings (SSSR count). The van der Waals surface area contributed by atoms with Crippen molar-refractivity contribution in [2.75, 3.05) is 10.8 Å². The highest BCUT2D eigenvalue weighted by Gasteiger charge is 2.38. The summed E-state index contributed by atoms with van der Waals surface area (Å²) in [5.74, 6) is 0.0640. The van der Waals surface area contributed by atoms with Crippen molar-refractivity contribution in [3.8, 4) is 5.75 Å². The number of hydrogen-bond acceptors (Lipinski definition) is 4. The lowest BCUT2D eigenvalue weighted by atomic mass is 9.86. The molecule has 2 unspecified atom stereocenters. The lowest BCUT2D eigenvalue weighted by molar-refractivity contribution is -0.128. The van der Waals surface area contributed by atoms with Crippen LogP contribution in [0, 0.1) is 0 Å². The molecule has 0 bridgehead atoms. The average Bonchev–Trinajstić information content (AvgIpc) is 2.94. The third kappa shape index (κ3) is 5.55. The second-order valence-corrected chi connectivity index (χ2v) is 13.5. The Labute approximate surface area is 232 Å². The minimum Gasteiger partial charge on any atom is -0.476 e. The van der Waals surface area contributed by atoms with Crippen LogP contribution in [0.2, 0.25) is 0 Å². The zero-order chi connectivity index (χ0) is 27.8. The van der Waals surface area contributed by atoms with Crippen LogP contribution in [-0.2, 0) is 33.1 Å². The average molecular weight is 547 g/mol. The molecule has 7 heteroatoms. The van der Waals surface area contributed by atoms with Crippen molar-refractivity contribution in [1.29, 1.82) is 0 Å². The Morgan fingerprint density at radius 1 is 1.00 bits per heavy atom. The third-order valence-corrected chi connectivity index (χ3v) is 9.61. The van der Waals surface area contributed by atoms with Crippen LogP contribution in [0.4, 0.5) is 5.69 Å². The van der Waals surface area contributed by atoms with E-state index in [1.54, 1.807) is 36.4 Å². The number of ether oxygens (including phenoxy) is 1. The number of carbonyl (C=O) groups is 1. The molecule has 206 valence electrons. The van der Waals surface area contributed by atoms with Gasteiger partial charge in [0.25, 0.3) is 15.9 Å². The maximum absolute atomic E-state index is 13.9. The Morgan fingerprint density at radius 3 is 2.41 bits per heavy atom. The summed E-state index contributed by atoms with van der Waals surface area (Å²) >= 11 is 0. The van der Waals surface area contributed by atoms with Crippen molar-refractivity contribution in [3.63, 3.8) is 0 Å². The number of amides is 1. The minimum absolute atomic E-state index is 0.107. The molecule has 2 aliphatic rings. The molecule has 1 aliphatic heterocycles. The van der Waals surface area contributed by atoms with Crippen LogP contribution >= 0.6 is 0 Å². The summed E-state index contributed by atoms with van der Waals surface area (Å²) in [6.45, 7) is 8.18. The van der Waals surface area contributed by atoms with Gasteiger partial charge in [0.05, 0.1) is 23.2 Å². The molecule has 2 atom stereocenters. The number of benzene rings is 3. The maximum atomic E-state index is 13.9. The van der Waals surface area contributed by atoms with Crippen LogP contribution in [0.3, 0.4) is 0 Å². The van der Waals surface area contributed by atoms with Gasteiger partial charge in [-0.15, -0.1) is 0 Å². The van der Waals surface area contributed by atoms with Gasteiger partial charge >= 0.3 is 0 Å². The molecule has 0 radical (unpaired) electrons. The molecule has 6 nitrogen and oxygen atoms in total. The molecule has 1 heterocycles. The van der Waals surface area contributed by atoms with Crippen LogP contribution in [-0.4, -0.2) is 27.0 Å². The van der Waals surface area contributed by atoms with E-state index in [4.69, 9.17) is 4.74 Å². The summed E-state index contributed by atoms with van der Waals surface area (Å²) in [6, 6.07) is 20.3. The van der Waals surface area contributed by atoms with Gasteiger partial charge in [-0.1, -0.05) is 70.2 Å². The highest BCUT2D eigenvalue weighted by molar-refractivity contribution is 7.92. The molecule has 3 aromatic rings. The Balaban J connectivity index is 1.46. The first kappa shape index (κ1) is 27.3. The van der Waals surface area contributed by atoms with Crippen molar-refractivity contribution >= 4 is 21.6 Å². The van der Waals surface area contributed by atoms with Gasteiger partial charge < -0.3 is 10.1 Å². The Morgan fingerprint density at radius 2 is 1.72 bits per heavy atom. The van der Waals surface area contributed by atoms with Gasteiger partial charge in [0, 0.05) is 0 Å². The molecule has 0 spiro atoms. The molecule has 1 N–H and O–H groups in total. The van der Waals surface area contributed by atoms with Gasteiger partial charge in [-0.2, -0.15) is 0 Å². The smallest absolute Gasteiger partial charge is 0.264 e. The highest BCUT2D eigenvalue weighted by atomic mass is 32.2. The van der Waals surface area contributed by atoms with Crippen LogP contribution in [0.25, 0.3) is 0 Å². The Bertz CT molecular complexity index is 1460. The van der Waals surface area contributed by atoms with E-state index in [0.29, 0.717) is 11.4 Å². The first-order chi connectivity index (χ1) is 18.6. The molecule has 0 saturated carbocycles.